The maximum atomic E-state index is 12.2. The van der Waals surface area contributed by atoms with Crippen LogP contribution in [0.3, 0.4) is 0 Å². The maximum absolute atomic E-state index is 12.2. The van der Waals surface area contributed by atoms with Crippen LogP contribution in [0, 0.1) is 0 Å². The fourth-order valence-electron chi connectivity index (χ4n) is 2.24. The van der Waals surface area contributed by atoms with Crippen molar-refractivity contribution >= 4 is 29.3 Å². The van der Waals surface area contributed by atoms with Crippen molar-refractivity contribution in [1.29, 1.82) is 0 Å². The van der Waals surface area contributed by atoms with Crippen LogP contribution in [0.25, 0.3) is 6.08 Å². The van der Waals surface area contributed by atoms with Gasteiger partial charge in [0.25, 0.3) is 0 Å². The molecule has 2 amide bonds. The van der Waals surface area contributed by atoms with Crippen molar-refractivity contribution in [1.82, 2.24) is 0 Å². The van der Waals surface area contributed by atoms with Gasteiger partial charge in [0.2, 0.25) is 11.8 Å². The Hall–Kier alpha value is -3.28. The molecule has 0 radical (unpaired) electrons. The summed E-state index contributed by atoms with van der Waals surface area (Å²) in [6.45, 7) is 1.78. The third kappa shape index (κ3) is 5.37. The molecule has 2 aromatic rings. The minimum Gasteiger partial charge on any atom is -0.497 e. The van der Waals surface area contributed by atoms with Crippen LogP contribution < -0.4 is 20.1 Å². The normalized spacial score (nSPS) is 10.4. The molecule has 26 heavy (non-hydrogen) atoms. The van der Waals surface area contributed by atoms with Crippen molar-refractivity contribution < 1.29 is 19.1 Å². The van der Waals surface area contributed by atoms with Gasteiger partial charge in [0, 0.05) is 29.4 Å². The molecule has 0 unspecified atom stereocenters. The van der Waals surface area contributed by atoms with E-state index in [4.69, 9.17) is 9.47 Å². The molecule has 0 aliphatic carbocycles. The molecule has 2 N–H and O–H groups in total. The first kappa shape index (κ1) is 19.1. The number of rotatable bonds is 7. The van der Waals surface area contributed by atoms with Crippen LogP contribution in [-0.2, 0) is 9.59 Å². The van der Waals surface area contributed by atoms with E-state index >= 15 is 0 Å². The Balaban J connectivity index is 2.08. The summed E-state index contributed by atoms with van der Waals surface area (Å²) < 4.78 is 10.5. The number of anilines is 2. The second-order valence-corrected chi connectivity index (χ2v) is 5.41. The molecule has 2 rings (SSSR count). The molecule has 0 saturated carbocycles. The summed E-state index contributed by atoms with van der Waals surface area (Å²) in [6, 6.07) is 12.3. The third-order valence-corrected chi connectivity index (χ3v) is 3.59. The van der Waals surface area contributed by atoms with Gasteiger partial charge in [-0.1, -0.05) is 13.0 Å². The van der Waals surface area contributed by atoms with Crippen molar-refractivity contribution in [3.63, 3.8) is 0 Å². The minimum atomic E-state index is -0.297. The first-order valence-corrected chi connectivity index (χ1v) is 8.16. The molecule has 0 aliphatic rings. The topological polar surface area (TPSA) is 76.7 Å². The highest BCUT2D eigenvalue weighted by Gasteiger charge is 2.05. The van der Waals surface area contributed by atoms with Crippen molar-refractivity contribution in [3.05, 3.63) is 54.1 Å². The van der Waals surface area contributed by atoms with Gasteiger partial charge in [0.1, 0.15) is 11.5 Å². The lowest BCUT2D eigenvalue weighted by atomic mass is 10.1. The smallest absolute Gasteiger partial charge is 0.248 e. The second kappa shape index (κ2) is 9.27. The average Bonchev–Trinajstić information content (AvgIpc) is 2.66. The number of hydrogen-bond donors (Lipinski definition) is 2. The summed E-state index contributed by atoms with van der Waals surface area (Å²) in [7, 11) is 3.14. The molecular formula is C20H22N2O4. The molecule has 0 saturated heterocycles. The molecule has 6 nitrogen and oxygen atoms in total. The zero-order chi connectivity index (χ0) is 18.9. The van der Waals surface area contributed by atoms with Gasteiger partial charge in [-0.3, -0.25) is 9.59 Å². The van der Waals surface area contributed by atoms with E-state index in [1.165, 1.54) is 6.08 Å². The quantitative estimate of drug-likeness (QED) is 0.743. The first-order chi connectivity index (χ1) is 12.5. The van der Waals surface area contributed by atoms with Gasteiger partial charge in [0.15, 0.2) is 0 Å². The molecule has 2 aromatic carbocycles. The van der Waals surface area contributed by atoms with E-state index in [1.54, 1.807) is 69.7 Å². The average molecular weight is 354 g/mol. The number of amides is 2. The highest BCUT2D eigenvalue weighted by Crippen LogP contribution is 2.25. The Morgan fingerprint density at radius 1 is 1.00 bits per heavy atom. The van der Waals surface area contributed by atoms with Gasteiger partial charge < -0.3 is 20.1 Å². The number of ether oxygens (including phenoxy) is 2. The second-order valence-electron chi connectivity index (χ2n) is 5.41. The molecule has 0 atom stereocenters. The predicted octanol–water partition coefficient (Wildman–Crippen LogP) is 3.70. The van der Waals surface area contributed by atoms with Crippen molar-refractivity contribution in [2.75, 3.05) is 24.9 Å². The van der Waals surface area contributed by atoms with Gasteiger partial charge in [-0.2, -0.15) is 0 Å². The summed E-state index contributed by atoms with van der Waals surface area (Å²) in [5.41, 5.74) is 1.95. The zero-order valence-electron chi connectivity index (χ0n) is 15.0. The SMILES string of the molecule is CCC(=O)Nc1cccc(NC(=O)/C=C/c2cc(OC)ccc2OC)c1. The standard InChI is InChI=1S/C20H22N2O4/c1-4-19(23)21-15-6-5-7-16(13-15)22-20(24)11-8-14-12-17(25-2)9-10-18(14)26-3/h5-13H,4H2,1-3H3,(H,21,23)(H,22,24)/b11-8+. The largest absolute Gasteiger partial charge is 0.497 e. The summed E-state index contributed by atoms with van der Waals surface area (Å²) in [4.78, 5) is 23.6. The van der Waals surface area contributed by atoms with Crippen molar-refractivity contribution in [2.24, 2.45) is 0 Å². The molecule has 0 spiro atoms. The fraction of sp³-hybridized carbons (Fsp3) is 0.200. The van der Waals surface area contributed by atoms with E-state index in [2.05, 4.69) is 10.6 Å². The van der Waals surface area contributed by atoms with Crippen molar-refractivity contribution in [3.8, 4) is 11.5 Å². The molecular weight excluding hydrogens is 332 g/mol. The molecule has 0 fully saturated rings. The van der Waals surface area contributed by atoms with Gasteiger partial charge >= 0.3 is 0 Å². The van der Waals surface area contributed by atoms with Crippen LogP contribution in [0.5, 0.6) is 11.5 Å². The molecule has 6 heteroatoms. The first-order valence-electron chi connectivity index (χ1n) is 8.16. The Labute approximate surface area is 152 Å². The van der Waals surface area contributed by atoms with E-state index in [0.717, 1.165) is 5.56 Å². The number of nitrogens with one attached hydrogen (secondary N) is 2. The van der Waals surface area contributed by atoms with Gasteiger partial charge in [-0.05, 0) is 42.5 Å². The highest BCUT2D eigenvalue weighted by atomic mass is 16.5. The van der Waals surface area contributed by atoms with Crippen LogP contribution >= 0.6 is 0 Å². The Kier molecular flexibility index (Phi) is 6.79. The summed E-state index contributed by atoms with van der Waals surface area (Å²) >= 11 is 0. The lowest BCUT2D eigenvalue weighted by molar-refractivity contribution is -0.116. The number of methoxy groups -OCH3 is 2. The van der Waals surface area contributed by atoms with E-state index in [9.17, 15) is 9.59 Å². The highest BCUT2D eigenvalue weighted by molar-refractivity contribution is 6.02. The third-order valence-electron chi connectivity index (χ3n) is 3.59. The Bertz CT molecular complexity index is 815. The van der Waals surface area contributed by atoms with Crippen molar-refractivity contribution in [2.45, 2.75) is 13.3 Å². The van der Waals surface area contributed by atoms with E-state index < -0.39 is 0 Å². The van der Waals surface area contributed by atoms with Crippen LogP contribution in [0.4, 0.5) is 11.4 Å². The van der Waals surface area contributed by atoms with Gasteiger partial charge in [-0.25, -0.2) is 0 Å². The maximum Gasteiger partial charge on any atom is 0.248 e. The summed E-state index contributed by atoms with van der Waals surface area (Å²) in [5.74, 6) is 0.927. The molecule has 0 heterocycles. The number of hydrogen-bond acceptors (Lipinski definition) is 4. The minimum absolute atomic E-state index is 0.0847. The van der Waals surface area contributed by atoms with Gasteiger partial charge in [-0.15, -0.1) is 0 Å². The Morgan fingerprint density at radius 2 is 1.73 bits per heavy atom. The van der Waals surface area contributed by atoms with Gasteiger partial charge in [0.05, 0.1) is 14.2 Å². The number of carbonyl (C=O) groups is 2. The molecule has 0 bridgehead atoms. The fourth-order valence-corrected chi connectivity index (χ4v) is 2.24. The number of benzene rings is 2. The molecule has 0 aromatic heterocycles. The predicted molar refractivity (Wildman–Crippen MR) is 103 cm³/mol. The summed E-state index contributed by atoms with van der Waals surface area (Å²) in [6.07, 6.45) is 3.45. The van der Waals surface area contributed by atoms with E-state index in [1.807, 2.05) is 0 Å². The van der Waals surface area contributed by atoms with Crippen LogP contribution in [0.15, 0.2) is 48.5 Å². The monoisotopic (exact) mass is 354 g/mol. The number of carbonyl (C=O) groups excluding carboxylic acids is 2. The Morgan fingerprint density at radius 3 is 2.38 bits per heavy atom. The lowest BCUT2D eigenvalue weighted by Crippen LogP contribution is -2.11. The lowest BCUT2D eigenvalue weighted by Gasteiger charge is -2.08. The van der Waals surface area contributed by atoms with Crippen LogP contribution in [0.2, 0.25) is 0 Å². The molecule has 136 valence electrons. The van der Waals surface area contributed by atoms with E-state index in [0.29, 0.717) is 29.3 Å². The van der Waals surface area contributed by atoms with Crippen LogP contribution in [0.1, 0.15) is 18.9 Å². The van der Waals surface area contributed by atoms with Crippen LogP contribution in [-0.4, -0.2) is 26.0 Å². The molecule has 0 aliphatic heterocycles. The summed E-state index contributed by atoms with van der Waals surface area (Å²) in [5, 5.41) is 5.51. The van der Waals surface area contributed by atoms with E-state index in [-0.39, 0.29) is 11.8 Å². The zero-order valence-corrected chi connectivity index (χ0v) is 15.0.